The first-order chi connectivity index (χ1) is 13.0. The number of hydrazone groups is 1. The molecule has 0 aliphatic heterocycles. The Morgan fingerprint density at radius 3 is 2.52 bits per heavy atom. The number of nitrogens with zero attached hydrogens (tertiary/aromatic N) is 3. The maximum Gasteiger partial charge on any atom is 0.271 e. The predicted molar refractivity (Wildman–Crippen MR) is 108 cm³/mol. The van der Waals surface area contributed by atoms with E-state index in [0.29, 0.717) is 21.4 Å². The summed E-state index contributed by atoms with van der Waals surface area (Å²) in [5.41, 5.74) is 4.15. The lowest BCUT2D eigenvalue weighted by Gasteiger charge is -2.17. The third kappa shape index (κ3) is 4.78. The van der Waals surface area contributed by atoms with Gasteiger partial charge in [0.05, 0.1) is 17.6 Å². The van der Waals surface area contributed by atoms with E-state index in [2.05, 4.69) is 15.5 Å². The number of carbonyl (C=O) groups is 2. The average Bonchev–Trinajstić information content (AvgIpc) is 3.11. The number of para-hydroxylation sites is 1. The summed E-state index contributed by atoms with van der Waals surface area (Å²) in [6, 6.07) is 15.7. The van der Waals surface area contributed by atoms with E-state index >= 15 is 0 Å². The first kappa shape index (κ1) is 18.8. The van der Waals surface area contributed by atoms with Gasteiger partial charge in [-0.2, -0.15) is 5.10 Å². The lowest BCUT2D eigenvalue weighted by Crippen LogP contribution is -2.22. The molecule has 0 radical (unpaired) electrons. The zero-order valence-electron chi connectivity index (χ0n) is 14.3. The lowest BCUT2D eigenvalue weighted by molar-refractivity contribution is -0.115. The lowest BCUT2D eigenvalue weighted by atomic mass is 10.2. The molecule has 2 aromatic carbocycles. The minimum absolute atomic E-state index is 0.143. The van der Waals surface area contributed by atoms with Crippen molar-refractivity contribution >= 4 is 51.8 Å². The van der Waals surface area contributed by atoms with Crippen LogP contribution in [0.25, 0.3) is 0 Å². The summed E-state index contributed by atoms with van der Waals surface area (Å²) in [5, 5.41) is 6.75. The summed E-state index contributed by atoms with van der Waals surface area (Å²) in [6.07, 6.45) is 1.43. The van der Waals surface area contributed by atoms with Gasteiger partial charge < -0.3 is 0 Å². The third-order valence-electron chi connectivity index (χ3n) is 3.50. The van der Waals surface area contributed by atoms with Gasteiger partial charge in [0.1, 0.15) is 0 Å². The van der Waals surface area contributed by atoms with E-state index in [1.807, 2.05) is 30.3 Å². The van der Waals surface area contributed by atoms with Crippen molar-refractivity contribution in [2.24, 2.45) is 5.10 Å². The number of rotatable bonds is 5. The number of benzene rings is 2. The van der Waals surface area contributed by atoms with Gasteiger partial charge in [0.15, 0.2) is 5.13 Å². The zero-order chi connectivity index (χ0) is 19.2. The number of aromatic nitrogens is 1. The Balaban J connectivity index is 1.69. The maximum atomic E-state index is 12.0. The second-order valence-electron chi connectivity index (χ2n) is 5.45. The summed E-state index contributed by atoms with van der Waals surface area (Å²) in [4.78, 5) is 29.9. The Morgan fingerprint density at radius 2 is 1.85 bits per heavy atom. The first-order valence-electron chi connectivity index (χ1n) is 7.95. The monoisotopic (exact) mass is 398 g/mol. The van der Waals surface area contributed by atoms with E-state index in [1.54, 1.807) is 29.6 Å². The molecule has 0 fully saturated rings. The van der Waals surface area contributed by atoms with Crippen molar-refractivity contribution in [1.82, 2.24) is 10.4 Å². The zero-order valence-corrected chi connectivity index (χ0v) is 15.9. The average molecular weight is 399 g/mol. The first-order valence-corrected chi connectivity index (χ1v) is 9.20. The number of hydrogen-bond donors (Lipinski definition) is 1. The van der Waals surface area contributed by atoms with Crippen LogP contribution in [0.5, 0.6) is 0 Å². The molecular formula is C19H15ClN4O2S. The highest BCUT2D eigenvalue weighted by atomic mass is 35.5. The van der Waals surface area contributed by atoms with Crippen LogP contribution in [0.4, 0.5) is 10.8 Å². The summed E-state index contributed by atoms with van der Waals surface area (Å²) in [5.74, 6) is -0.497. The molecule has 0 aliphatic carbocycles. The van der Waals surface area contributed by atoms with Crippen molar-refractivity contribution in [3.63, 3.8) is 0 Å². The second-order valence-corrected chi connectivity index (χ2v) is 6.72. The molecule has 3 aromatic rings. The van der Waals surface area contributed by atoms with Crippen molar-refractivity contribution < 1.29 is 9.59 Å². The van der Waals surface area contributed by atoms with E-state index < -0.39 is 0 Å². The summed E-state index contributed by atoms with van der Waals surface area (Å²) < 4.78 is 0. The molecule has 0 saturated heterocycles. The number of anilines is 2. The third-order valence-corrected chi connectivity index (χ3v) is 4.60. The molecule has 27 heavy (non-hydrogen) atoms. The van der Waals surface area contributed by atoms with Gasteiger partial charge in [0.2, 0.25) is 5.91 Å². The Morgan fingerprint density at radius 1 is 1.15 bits per heavy atom. The highest BCUT2D eigenvalue weighted by Gasteiger charge is 2.17. The van der Waals surface area contributed by atoms with E-state index in [-0.39, 0.29) is 11.8 Å². The maximum absolute atomic E-state index is 12.0. The Labute approximate surface area is 165 Å². The normalized spacial score (nSPS) is 10.7. The quantitative estimate of drug-likeness (QED) is 0.515. The van der Waals surface area contributed by atoms with Crippen LogP contribution in [0.15, 0.2) is 65.1 Å². The summed E-state index contributed by atoms with van der Waals surface area (Å²) >= 11 is 7.11. The summed E-state index contributed by atoms with van der Waals surface area (Å²) in [7, 11) is 0. The fourth-order valence-corrected chi connectivity index (χ4v) is 3.23. The van der Waals surface area contributed by atoms with Crippen molar-refractivity contribution in [2.45, 2.75) is 6.92 Å². The molecule has 1 aromatic heterocycles. The van der Waals surface area contributed by atoms with E-state index in [0.717, 1.165) is 5.69 Å². The summed E-state index contributed by atoms with van der Waals surface area (Å²) in [6.45, 7) is 1.48. The Bertz CT molecular complexity index is 971. The molecule has 0 saturated carbocycles. The molecular weight excluding hydrogens is 384 g/mol. The van der Waals surface area contributed by atoms with Crippen molar-refractivity contribution in [1.29, 1.82) is 0 Å². The van der Waals surface area contributed by atoms with Crippen LogP contribution in [0.3, 0.4) is 0 Å². The van der Waals surface area contributed by atoms with Crippen LogP contribution < -0.4 is 10.3 Å². The van der Waals surface area contributed by atoms with Crippen LogP contribution in [0.2, 0.25) is 5.02 Å². The molecule has 0 unspecified atom stereocenters. The number of nitrogens with one attached hydrogen (secondary N) is 1. The Hall–Kier alpha value is -3.03. The van der Waals surface area contributed by atoms with Gasteiger partial charge >= 0.3 is 0 Å². The van der Waals surface area contributed by atoms with Crippen LogP contribution in [-0.2, 0) is 4.79 Å². The largest absolute Gasteiger partial charge is 0.274 e. The molecule has 0 bridgehead atoms. The van der Waals surface area contributed by atoms with Crippen molar-refractivity contribution in [2.75, 3.05) is 4.90 Å². The van der Waals surface area contributed by atoms with Gasteiger partial charge in [-0.3, -0.25) is 14.5 Å². The predicted octanol–water partition coefficient (Wildman–Crippen LogP) is 4.25. The molecule has 6 nitrogen and oxygen atoms in total. The molecule has 3 rings (SSSR count). The fraction of sp³-hybridized carbons (Fsp3) is 0.0526. The van der Waals surface area contributed by atoms with Crippen LogP contribution in [0.1, 0.15) is 23.0 Å². The van der Waals surface area contributed by atoms with Crippen molar-refractivity contribution in [3.05, 3.63) is 76.3 Å². The molecule has 0 aliphatic rings. The van der Waals surface area contributed by atoms with Crippen LogP contribution in [0, 0.1) is 0 Å². The van der Waals surface area contributed by atoms with Crippen LogP contribution >= 0.6 is 22.9 Å². The SMILES string of the molecule is CC(=O)N(c1ccccc1)c1nc(/C=N\NC(=O)c2ccc(Cl)cc2)cs1. The smallest absolute Gasteiger partial charge is 0.271 e. The van der Waals surface area contributed by atoms with Gasteiger partial charge in [0.25, 0.3) is 5.91 Å². The molecule has 2 amide bonds. The van der Waals surface area contributed by atoms with E-state index in [9.17, 15) is 9.59 Å². The molecule has 1 heterocycles. The van der Waals surface area contributed by atoms with Gasteiger partial charge in [-0.25, -0.2) is 10.4 Å². The molecule has 0 spiro atoms. The Kier molecular flexibility index (Phi) is 5.95. The number of carbonyl (C=O) groups excluding carboxylic acids is 2. The molecule has 8 heteroatoms. The van der Waals surface area contributed by atoms with Gasteiger partial charge in [-0.05, 0) is 36.4 Å². The minimum atomic E-state index is -0.354. The molecule has 1 N–H and O–H groups in total. The highest BCUT2D eigenvalue weighted by Crippen LogP contribution is 2.28. The van der Waals surface area contributed by atoms with E-state index in [4.69, 9.17) is 11.6 Å². The van der Waals surface area contributed by atoms with Gasteiger partial charge in [-0.1, -0.05) is 29.8 Å². The topological polar surface area (TPSA) is 74.7 Å². The standard InChI is InChI=1S/C19H15ClN4O2S/c1-13(25)24(17-5-3-2-4-6-17)19-22-16(12-27-19)11-21-23-18(26)14-7-9-15(20)10-8-14/h2-12H,1H3,(H,23,26)/b21-11-. The molecule has 136 valence electrons. The number of hydrogen-bond acceptors (Lipinski definition) is 5. The van der Waals surface area contributed by atoms with Gasteiger partial charge in [0, 0.05) is 22.9 Å². The van der Waals surface area contributed by atoms with Gasteiger partial charge in [-0.15, -0.1) is 11.3 Å². The van der Waals surface area contributed by atoms with Crippen molar-refractivity contribution in [3.8, 4) is 0 Å². The van der Waals surface area contributed by atoms with E-state index in [1.165, 1.54) is 29.4 Å². The molecule has 0 atom stereocenters. The second kappa shape index (κ2) is 8.57. The number of halogens is 1. The number of thiazole rings is 1. The number of amides is 2. The highest BCUT2D eigenvalue weighted by molar-refractivity contribution is 7.14. The fourth-order valence-electron chi connectivity index (χ4n) is 2.27. The van der Waals surface area contributed by atoms with Crippen LogP contribution in [-0.4, -0.2) is 23.0 Å². The minimum Gasteiger partial charge on any atom is -0.274 e.